The normalized spacial score (nSPS) is 14.2. The van der Waals surface area contributed by atoms with Gasteiger partial charge in [-0.1, -0.05) is 12.1 Å². The van der Waals surface area contributed by atoms with Gasteiger partial charge in [-0.3, -0.25) is 4.79 Å². The summed E-state index contributed by atoms with van der Waals surface area (Å²) in [5.41, 5.74) is 1.09. The number of allylic oxidation sites excluding steroid dienone is 1. The van der Waals surface area contributed by atoms with Gasteiger partial charge >= 0.3 is 5.97 Å². The minimum Gasteiger partial charge on any atom is -0.493 e. The summed E-state index contributed by atoms with van der Waals surface area (Å²) in [5, 5.41) is 0. The van der Waals surface area contributed by atoms with Crippen LogP contribution in [-0.4, -0.2) is 13.1 Å². The lowest BCUT2D eigenvalue weighted by Gasteiger charge is -2.10. The van der Waals surface area contributed by atoms with Crippen LogP contribution in [0.15, 0.2) is 30.9 Å². The van der Waals surface area contributed by atoms with Crippen molar-refractivity contribution in [3.63, 3.8) is 0 Å². The quantitative estimate of drug-likeness (QED) is 0.445. The van der Waals surface area contributed by atoms with Crippen LogP contribution in [-0.2, 0) is 11.2 Å². The van der Waals surface area contributed by atoms with Crippen molar-refractivity contribution in [2.45, 2.75) is 19.3 Å². The molecule has 17 heavy (non-hydrogen) atoms. The van der Waals surface area contributed by atoms with Crippen LogP contribution < -0.4 is 9.47 Å². The highest BCUT2D eigenvalue weighted by Crippen LogP contribution is 2.34. The van der Waals surface area contributed by atoms with E-state index in [-0.39, 0.29) is 11.9 Å². The fourth-order valence-electron chi connectivity index (χ4n) is 1.60. The number of hydrogen-bond donors (Lipinski definition) is 0. The Kier molecular flexibility index (Phi) is 3.47. The molecule has 3 nitrogen and oxygen atoms in total. The van der Waals surface area contributed by atoms with E-state index in [1.807, 2.05) is 18.2 Å². The van der Waals surface area contributed by atoms with Crippen molar-refractivity contribution in [2.24, 2.45) is 5.92 Å². The topological polar surface area (TPSA) is 35.5 Å². The first-order valence-corrected chi connectivity index (χ1v) is 5.74. The van der Waals surface area contributed by atoms with E-state index >= 15 is 0 Å². The average molecular weight is 232 g/mol. The number of rotatable bonds is 5. The predicted molar refractivity (Wildman–Crippen MR) is 65.3 cm³/mol. The average Bonchev–Trinajstić information content (AvgIpc) is 3.15. The number of carbonyl (C=O) groups excluding carboxylic acids is 1. The zero-order chi connectivity index (χ0) is 12.3. The van der Waals surface area contributed by atoms with Gasteiger partial charge in [-0.2, -0.15) is 0 Å². The Balaban J connectivity index is 2.14. The SMILES string of the molecule is C=CCc1ccc(OC(=O)C2CC2)c(OC)c1. The number of methoxy groups -OCH3 is 1. The molecule has 0 aliphatic heterocycles. The Morgan fingerprint density at radius 1 is 1.47 bits per heavy atom. The minimum atomic E-state index is -0.153. The summed E-state index contributed by atoms with van der Waals surface area (Å²) in [5.74, 6) is 1.03. The van der Waals surface area contributed by atoms with E-state index < -0.39 is 0 Å². The van der Waals surface area contributed by atoms with Gasteiger partial charge in [0.15, 0.2) is 11.5 Å². The number of benzene rings is 1. The molecular weight excluding hydrogens is 216 g/mol. The lowest BCUT2D eigenvalue weighted by Crippen LogP contribution is -2.10. The Hall–Kier alpha value is -1.77. The third-order valence-corrected chi connectivity index (χ3v) is 2.73. The molecule has 1 aromatic rings. The molecule has 0 amide bonds. The third kappa shape index (κ3) is 2.87. The van der Waals surface area contributed by atoms with E-state index in [0.29, 0.717) is 11.5 Å². The van der Waals surface area contributed by atoms with Gasteiger partial charge in [0.05, 0.1) is 13.0 Å². The van der Waals surface area contributed by atoms with Crippen LogP contribution >= 0.6 is 0 Å². The Morgan fingerprint density at radius 2 is 2.24 bits per heavy atom. The van der Waals surface area contributed by atoms with Crippen LogP contribution in [0.25, 0.3) is 0 Å². The summed E-state index contributed by atoms with van der Waals surface area (Å²) in [4.78, 5) is 11.6. The van der Waals surface area contributed by atoms with Crippen molar-refractivity contribution in [1.29, 1.82) is 0 Å². The fraction of sp³-hybridized carbons (Fsp3) is 0.357. The van der Waals surface area contributed by atoms with E-state index in [2.05, 4.69) is 6.58 Å². The number of esters is 1. The molecule has 90 valence electrons. The van der Waals surface area contributed by atoms with E-state index in [1.165, 1.54) is 0 Å². The van der Waals surface area contributed by atoms with Gasteiger partial charge in [-0.25, -0.2) is 0 Å². The van der Waals surface area contributed by atoms with Gasteiger partial charge in [-0.05, 0) is 37.0 Å². The number of hydrogen-bond acceptors (Lipinski definition) is 3. The van der Waals surface area contributed by atoms with Gasteiger partial charge in [0, 0.05) is 0 Å². The van der Waals surface area contributed by atoms with Crippen LogP contribution in [0.3, 0.4) is 0 Å². The van der Waals surface area contributed by atoms with Crippen LogP contribution in [0.5, 0.6) is 11.5 Å². The minimum absolute atomic E-state index is 0.0903. The van der Waals surface area contributed by atoms with E-state index in [0.717, 1.165) is 24.8 Å². The molecule has 0 radical (unpaired) electrons. The summed E-state index contributed by atoms with van der Waals surface area (Å²) in [6, 6.07) is 5.56. The summed E-state index contributed by atoms with van der Waals surface area (Å²) in [6.07, 6.45) is 4.48. The van der Waals surface area contributed by atoms with E-state index in [4.69, 9.17) is 9.47 Å². The Labute approximate surface area is 101 Å². The lowest BCUT2D eigenvalue weighted by molar-refractivity contribution is -0.135. The maximum atomic E-state index is 11.6. The summed E-state index contributed by atoms with van der Waals surface area (Å²) in [7, 11) is 1.57. The molecule has 0 heterocycles. The van der Waals surface area contributed by atoms with Crippen LogP contribution in [0.4, 0.5) is 0 Å². The third-order valence-electron chi connectivity index (χ3n) is 2.73. The molecule has 0 saturated heterocycles. The molecule has 0 N–H and O–H groups in total. The second-order valence-corrected chi connectivity index (χ2v) is 4.17. The van der Waals surface area contributed by atoms with Crippen LogP contribution in [0.2, 0.25) is 0 Å². The summed E-state index contributed by atoms with van der Waals surface area (Å²) < 4.78 is 10.5. The monoisotopic (exact) mass is 232 g/mol. The Bertz CT molecular complexity index is 433. The highest BCUT2D eigenvalue weighted by atomic mass is 16.6. The zero-order valence-electron chi connectivity index (χ0n) is 9.94. The molecule has 0 unspecified atom stereocenters. The van der Waals surface area contributed by atoms with Crippen molar-refractivity contribution in [2.75, 3.05) is 7.11 Å². The molecule has 0 atom stereocenters. The fourth-order valence-corrected chi connectivity index (χ4v) is 1.60. The van der Waals surface area contributed by atoms with E-state index in [1.54, 1.807) is 13.2 Å². The molecule has 1 aromatic carbocycles. The molecule has 3 heteroatoms. The summed E-state index contributed by atoms with van der Waals surface area (Å²) in [6.45, 7) is 3.69. The molecule has 0 spiro atoms. The number of carbonyl (C=O) groups is 1. The smallest absolute Gasteiger partial charge is 0.314 e. The van der Waals surface area contributed by atoms with Crippen molar-refractivity contribution in [1.82, 2.24) is 0 Å². The molecule has 1 saturated carbocycles. The first-order valence-electron chi connectivity index (χ1n) is 5.74. The first kappa shape index (κ1) is 11.7. The molecule has 1 aliphatic rings. The summed E-state index contributed by atoms with van der Waals surface area (Å²) >= 11 is 0. The molecule has 1 fully saturated rings. The van der Waals surface area contributed by atoms with Crippen LogP contribution in [0, 0.1) is 5.92 Å². The van der Waals surface area contributed by atoms with Crippen molar-refractivity contribution in [3.8, 4) is 11.5 Å². The molecule has 0 aromatic heterocycles. The highest BCUT2D eigenvalue weighted by molar-refractivity contribution is 5.78. The maximum absolute atomic E-state index is 11.6. The number of ether oxygens (including phenoxy) is 2. The molecule has 2 rings (SSSR count). The standard InChI is InChI=1S/C14H16O3/c1-3-4-10-5-8-12(13(9-10)16-2)17-14(15)11-6-7-11/h3,5,8-9,11H,1,4,6-7H2,2H3. The molecular formula is C14H16O3. The first-order chi connectivity index (χ1) is 8.24. The van der Waals surface area contributed by atoms with Crippen molar-refractivity contribution >= 4 is 5.97 Å². The zero-order valence-corrected chi connectivity index (χ0v) is 9.94. The molecule has 0 bridgehead atoms. The van der Waals surface area contributed by atoms with Gasteiger partial charge in [-0.15, -0.1) is 6.58 Å². The van der Waals surface area contributed by atoms with Gasteiger partial charge in [0.1, 0.15) is 0 Å². The second kappa shape index (κ2) is 5.04. The van der Waals surface area contributed by atoms with Crippen molar-refractivity contribution in [3.05, 3.63) is 36.4 Å². The largest absolute Gasteiger partial charge is 0.493 e. The lowest BCUT2D eigenvalue weighted by atomic mass is 10.1. The maximum Gasteiger partial charge on any atom is 0.314 e. The molecule has 1 aliphatic carbocycles. The van der Waals surface area contributed by atoms with E-state index in [9.17, 15) is 4.79 Å². The van der Waals surface area contributed by atoms with Gasteiger partial charge in [0.2, 0.25) is 0 Å². The van der Waals surface area contributed by atoms with Crippen molar-refractivity contribution < 1.29 is 14.3 Å². The highest BCUT2D eigenvalue weighted by Gasteiger charge is 2.32. The Morgan fingerprint density at radius 3 is 2.82 bits per heavy atom. The van der Waals surface area contributed by atoms with Crippen LogP contribution in [0.1, 0.15) is 18.4 Å². The predicted octanol–water partition coefficient (Wildman–Crippen LogP) is 2.74. The van der Waals surface area contributed by atoms with Gasteiger partial charge < -0.3 is 9.47 Å². The second-order valence-electron chi connectivity index (χ2n) is 4.17. The van der Waals surface area contributed by atoms with Gasteiger partial charge in [0.25, 0.3) is 0 Å².